The van der Waals surface area contributed by atoms with Crippen molar-refractivity contribution in [3.05, 3.63) is 17.7 Å². The fraction of sp³-hybridized carbons (Fsp3) is 0.722. The molecule has 1 aromatic rings. The summed E-state index contributed by atoms with van der Waals surface area (Å²) in [7, 11) is 1.55. The fourth-order valence-corrected chi connectivity index (χ4v) is 4.77. The number of nitrogens with zero attached hydrogens (tertiary/aromatic N) is 3. The van der Waals surface area contributed by atoms with E-state index in [9.17, 15) is 9.59 Å². The minimum atomic E-state index is -0.423. The normalized spacial score (nSPS) is 24.7. The zero-order valence-electron chi connectivity index (χ0n) is 15.3. The molecule has 142 valence electrons. The Balaban J connectivity index is 1.55. The molecule has 2 fully saturated rings. The van der Waals surface area contributed by atoms with E-state index in [4.69, 9.17) is 4.74 Å². The summed E-state index contributed by atoms with van der Waals surface area (Å²) in [5.41, 5.74) is 1.67. The van der Waals surface area contributed by atoms with Crippen LogP contribution in [0.25, 0.3) is 0 Å². The number of amides is 2. The number of piperidine rings is 1. The summed E-state index contributed by atoms with van der Waals surface area (Å²) in [5.74, 6) is 0.348. The molecule has 2 N–H and O–H groups in total. The summed E-state index contributed by atoms with van der Waals surface area (Å²) < 4.78 is 5.10. The Hall–Kier alpha value is -1.93. The predicted octanol–water partition coefficient (Wildman–Crippen LogP) is -0.132. The predicted molar refractivity (Wildman–Crippen MR) is 94.3 cm³/mol. The first-order chi connectivity index (χ1) is 12.7. The third-order valence-electron chi connectivity index (χ3n) is 6.14. The van der Waals surface area contributed by atoms with Gasteiger partial charge in [0.2, 0.25) is 11.8 Å². The SMILES string of the molecule is COCC(=O)N1CCc2[nH]cnc2C12CCN(C(=O)[C@@H]1CCNC1)CC2. The zero-order valence-corrected chi connectivity index (χ0v) is 15.3. The lowest BCUT2D eigenvalue weighted by molar-refractivity contribution is -0.148. The highest BCUT2D eigenvalue weighted by Crippen LogP contribution is 2.42. The minimum Gasteiger partial charge on any atom is -0.375 e. The molecule has 3 aliphatic heterocycles. The van der Waals surface area contributed by atoms with Crippen LogP contribution in [0.3, 0.4) is 0 Å². The number of hydrogen-bond donors (Lipinski definition) is 2. The van der Waals surface area contributed by atoms with Crippen molar-refractivity contribution in [2.45, 2.75) is 31.2 Å². The smallest absolute Gasteiger partial charge is 0.249 e. The van der Waals surface area contributed by atoms with Gasteiger partial charge in [-0.1, -0.05) is 0 Å². The molecule has 26 heavy (non-hydrogen) atoms. The number of rotatable bonds is 3. The first-order valence-electron chi connectivity index (χ1n) is 9.47. The molecule has 0 bridgehead atoms. The second kappa shape index (κ2) is 7.00. The van der Waals surface area contributed by atoms with Gasteiger partial charge in [0.15, 0.2) is 0 Å². The van der Waals surface area contributed by atoms with Crippen LogP contribution in [0.2, 0.25) is 0 Å². The Labute approximate surface area is 153 Å². The van der Waals surface area contributed by atoms with Gasteiger partial charge in [-0.2, -0.15) is 0 Å². The van der Waals surface area contributed by atoms with Crippen LogP contribution in [0.5, 0.6) is 0 Å². The average molecular weight is 361 g/mol. The third-order valence-corrected chi connectivity index (χ3v) is 6.14. The highest BCUT2D eigenvalue weighted by Gasteiger charge is 2.49. The van der Waals surface area contributed by atoms with E-state index in [1.165, 1.54) is 0 Å². The standard InChI is InChI=1S/C18H27N5O3/c1-26-11-15(24)23-7-3-14-16(21-12-20-14)18(23)4-8-22(9-5-18)17(25)13-2-6-19-10-13/h12-13,19H,2-11H2,1H3,(H,20,21)/t13-/m1/s1. The molecule has 3 aliphatic rings. The number of H-pyrrole nitrogens is 1. The van der Waals surface area contributed by atoms with Crippen molar-refractivity contribution >= 4 is 11.8 Å². The molecular formula is C18H27N5O3. The van der Waals surface area contributed by atoms with Gasteiger partial charge in [0.05, 0.1) is 23.5 Å². The number of methoxy groups -OCH3 is 1. The fourth-order valence-electron chi connectivity index (χ4n) is 4.77. The lowest BCUT2D eigenvalue weighted by atomic mass is 9.78. The molecule has 4 rings (SSSR count). The van der Waals surface area contributed by atoms with Crippen LogP contribution in [0, 0.1) is 5.92 Å². The average Bonchev–Trinajstić information content (AvgIpc) is 3.34. The quantitative estimate of drug-likeness (QED) is 0.783. The third kappa shape index (κ3) is 2.81. The second-order valence-corrected chi connectivity index (χ2v) is 7.50. The Kier molecular flexibility index (Phi) is 4.71. The number of aromatic nitrogens is 2. The maximum Gasteiger partial charge on any atom is 0.249 e. The zero-order chi connectivity index (χ0) is 18.1. The van der Waals surface area contributed by atoms with Crippen molar-refractivity contribution in [1.82, 2.24) is 25.1 Å². The van der Waals surface area contributed by atoms with Crippen molar-refractivity contribution in [3.63, 3.8) is 0 Å². The summed E-state index contributed by atoms with van der Waals surface area (Å²) in [5, 5.41) is 3.27. The molecule has 8 heteroatoms. The van der Waals surface area contributed by atoms with E-state index in [0.717, 1.165) is 50.2 Å². The van der Waals surface area contributed by atoms with Crippen LogP contribution >= 0.6 is 0 Å². The monoisotopic (exact) mass is 361 g/mol. The van der Waals surface area contributed by atoms with E-state index < -0.39 is 5.54 Å². The van der Waals surface area contributed by atoms with Gasteiger partial charge in [-0.15, -0.1) is 0 Å². The maximum atomic E-state index is 12.7. The summed E-state index contributed by atoms with van der Waals surface area (Å²) >= 11 is 0. The highest BCUT2D eigenvalue weighted by atomic mass is 16.5. The number of aromatic amines is 1. The van der Waals surface area contributed by atoms with Crippen LogP contribution in [-0.2, 0) is 26.3 Å². The Morgan fingerprint density at radius 2 is 2.15 bits per heavy atom. The number of hydrogen-bond acceptors (Lipinski definition) is 5. The Morgan fingerprint density at radius 1 is 1.35 bits per heavy atom. The first kappa shape index (κ1) is 17.5. The van der Waals surface area contributed by atoms with E-state index in [1.807, 2.05) is 9.80 Å². The topological polar surface area (TPSA) is 90.6 Å². The number of likely N-dealkylation sites (tertiary alicyclic amines) is 1. The van der Waals surface area contributed by atoms with Gasteiger partial charge >= 0.3 is 0 Å². The number of ether oxygens (including phenoxy) is 1. The van der Waals surface area contributed by atoms with Crippen LogP contribution < -0.4 is 5.32 Å². The van der Waals surface area contributed by atoms with Gasteiger partial charge in [0.1, 0.15) is 6.61 Å². The van der Waals surface area contributed by atoms with E-state index in [0.29, 0.717) is 19.6 Å². The maximum absolute atomic E-state index is 12.7. The molecule has 1 atom stereocenters. The molecule has 1 spiro atoms. The number of imidazole rings is 1. The molecule has 8 nitrogen and oxygen atoms in total. The summed E-state index contributed by atoms with van der Waals surface area (Å²) in [4.78, 5) is 37.2. The molecule has 0 radical (unpaired) electrons. The molecular weight excluding hydrogens is 334 g/mol. The number of nitrogens with one attached hydrogen (secondary N) is 2. The molecule has 4 heterocycles. The molecule has 0 aromatic carbocycles. The van der Waals surface area contributed by atoms with Crippen molar-refractivity contribution in [3.8, 4) is 0 Å². The van der Waals surface area contributed by atoms with E-state index >= 15 is 0 Å². The summed E-state index contributed by atoms with van der Waals surface area (Å²) in [6, 6.07) is 0. The van der Waals surface area contributed by atoms with Gasteiger partial charge in [-0.05, 0) is 25.8 Å². The number of fused-ring (bicyclic) bond motifs is 2. The van der Waals surface area contributed by atoms with Gasteiger partial charge in [0.25, 0.3) is 0 Å². The van der Waals surface area contributed by atoms with Crippen molar-refractivity contribution in [1.29, 1.82) is 0 Å². The summed E-state index contributed by atoms with van der Waals surface area (Å²) in [6.45, 7) is 3.78. The lowest BCUT2D eigenvalue weighted by Crippen LogP contribution is -2.60. The van der Waals surface area contributed by atoms with Gasteiger partial charge in [-0.25, -0.2) is 4.98 Å². The van der Waals surface area contributed by atoms with Crippen molar-refractivity contribution < 1.29 is 14.3 Å². The minimum absolute atomic E-state index is 0.000851. The molecule has 2 amide bonds. The second-order valence-electron chi connectivity index (χ2n) is 7.50. The largest absolute Gasteiger partial charge is 0.375 e. The van der Waals surface area contributed by atoms with Crippen LogP contribution in [0.15, 0.2) is 6.33 Å². The molecule has 0 aliphatic carbocycles. The van der Waals surface area contributed by atoms with Crippen LogP contribution in [0.1, 0.15) is 30.7 Å². The van der Waals surface area contributed by atoms with Crippen molar-refractivity contribution in [2.75, 3.05) is 46.4 Å². The Morgan fingerprint density at radius 3 is 2.85 bits per heavy atom. The number of carbonyl (C=O) groups excluding carboxylic acids is 2. The van der Waals surface area contributed by atoms with Gasteiger partial charge < -0.3 is 24.8 Å². The van der Waals surface area contributed by atoms with Crippen molar-refractivity contribution in [2.24, 2.45) is 5.92 Å². The Bertz CT molecular complexity index is 674. The summed E-state index contributed by atoms with van der Waals surface area (Å²) in [6.07, 6.45) is 4.88. The van der Waals surface area contributed by atoms with Gasteiger partial charge in [0, 0.05) is 45.4 Å². The van der Waals surface area contributed by atoms with E-state index in [2.05, 4.69) is 15.3 Å². The molecule has 2 saturated heterocycles. The molecule has 0 saturated carbocycles. The van der Waals surface area contributed by atoms with E-state index in [-0.39, 0.29) is 24.3 Å². The molecule has 0 unspecified atom stereocenters. The molecule has 1 aromatic heterocycles. The van der Waals surface area contributed by atoms with Gasteiger partial charge in [-0.3, -0.25) is 9.59 Å². The number of carbonyl (C=O) groups is 2. The van der Waals surface area contributed by atoms with Crippen LogP contribution in [0.4, 0.5) is 0 Å². The lowest BCUT2D eigenvalue weighted by Gasteiger charge is -2.50. The first-order valence-corrected chi connectivity index (χ1v) is 9.47. The van der Waals surface area contributed by atoms with E-state index in [1.54, 1.807) is 13.4 Å². The highest BCUT2D eigenvalue weighted by molar-refractivity contribution is 5.80. The van der Waals surface area contributed by atoms with Crippen LogP contribution in [-0.4, -0.2) is 78.0 Å².